The lowest BCUT2D eigenvalue weighted by atomic mass is 10.2. The molecule has 1 aromatic rings. The third-order valence-corrected chi connectivity index (χ3v) is 1.24. The molecule has 0 radical (unpaired) electrons. The van der Waals surface area contributed by atoms with E-state index in [0.717, 1.165) is 5.69 Å². The number of pyridine rings is 1. The average molecular weight is 147 g/mol. The molecule has 0 aliphatic carbocycles. The van der Waals surface area contributed by atoms with Gasteiger partial charge in [-0.15, -0.1) is 13.2 Å². The smallest absolute Gasteiger partial charge is 0.0652 e. The van der Waals surface area contributed by atoms with Crippen molar-refractivity contribution in [3.05, 3.63) is 49.3 Å². The summed E-state index contributed by atoms with van der Waals surface area (Å²) in [5.41, 5.74) is 2.14. The van der Waals surface area contributed by atoms with Gasteiger partial charge in [-0.2, -0.15) is 0 Å². The molecule has 0 aliphatic heterocycles. The highest BCUT2D eigenvalue weighted by atomic mass is 14.7. The summed E-state index contributed by atoms with van der Waals surface area (Å²) in [4.78, 5) is 4.08. The minimum atomic E-state index is 0.970. The summed E-state index contributed by atoms with van der Waals surface area (Å²) in [6.07, 6.45) is 3.53. The minimum absolute atomic E-state index is 0.970. The summed E-state index contributed by atoms with van der Waals surface area (Å²) >= 11 is 0. The molecule has 0 bridgehead atoms. The molecule has 0 saturated heterocycles. The third-order valence-electron chi connectivity index (χ3n) is 1.24. The first-order chi connectivity index (χ1) is 5.34. The van der Waals surface area contributed by atoms with Crippen molar-refractivity contribution in [3.8, 4) is 0 Å². The van der Waals surface area contributed by atoms with E-state index in [2.05, 4.69) is 24.7 Å². The maximum atomic E-state index is 4.08. The van der Waals surface area contributed by atoms with Crippen LogP contribution in [0.15, 0.2) is 38.1 Å². The average Bonchev–Trinajstić information content (AvgIpc) is 2.09. The normalized spacial score (nSPS) is 7.73. The standard InChI is InChI=1S/C8H9N.C2H4/c1-3-8-7(2)5-4-6-9-8;1-2/h3-6H,1H2,2H3;1-2H2. The van der Waals surface area contributed by atoms with E-state index in [9.17, 15) is 0 Å². The van der Waals surface area contributed by atoms with Crippen LogP contribution in [0, 0.1) is 6.92 Å². The van der Waals surface area contributed by atoms with Crippen molar-refractivity contribution in [2.75, 3.05) is 0 Å². The zero-order valence-electron chi connectivity index (χ0n) is 6.88. The molecule has 0 atom stereocenters. The minimum Gasteiger partial charge on any atom is -0.257 e. The maximum Gasteiger partial charge on any atom is 0.0652 e. The topological polar surface area (TPSA) is 12.9 Å². The molecule has 0 fully saturated rings. The Morgan fingerprint density at radius 1 is 1.45 bits per heavy atom. The molecule has 1 aromatic heterocycles. The van der Waals surface area contributed by atoms with Crippen molar-refractivity contribution < 1.29 is 0 Å². The van der Waals surface area contributed by atoms with Gasteiger partial charge in [-0.3, -0.25) is 4.98 Å². The zero-order chi connectivity index (χ0) is 8.69. The quantitative estimate of drug-likeness (QED) is 0.556. The molecular formula is C10H13N. The van der Waals surface area contributed by atoms with Crippen molar-refractivity contribution in [2.45, 2.75) is 6.92 Å². The largest absolute Gasteiger partial charge is 0.257 e. The van der Waals surface area contributed by atoms with E-state index in [1.807, 2.05) is 19.1 Å². The second-order valence-corrected chi connectivity index (χ2v) is 1.91. The van der Waals surface area contributed by atoms with E-state index in [0.29, 0.717) is 0 Å². The number of hydrogen-bond donors (Lipinski definition) is 0. The lowest BCUT2D eigenvalue weighted by molar-refractivity contribution is 1.24. The predicted molar refractivity (Wildman–Crippen MR) is 50.3 cm³/mol. The van der Waals surface area contributed by atoms with Gasteiger partial charge in [0.05, 0.1) is 5.69 Å². The fourth-order valence-electron chi connectivity index (χ4n) is 0.712. The molecule has 0 aromatic carbocycles. The Balaban J connectivity index is 0.000000461. The van der Waals surface area contributed by atoms with E-state index in [-0.39, 0.29) is 0 Å². The molecule has 1 rings (SSSR count). The first kappa shape index (κ1) is 9.63. The van der Waals surface area contributed by atoms with E-state index in [1.54, 1.807) is 12.3 Å². The molecule has 0 unspecified atom stereocenters. The summed E-state index contributed by atoms with van der Waals surface area (Å²) < 4.78 is 0. The first-order valence-corrected chi connectivity index (χ1v) is 3.38. The van der Waals surface area contributed by atoms with Crippen LogP contribution in [-0.4, -0.2) is 4.98 Å². The molecule has 0 N–H and O–H groups in total. The van der Waals surface area contributed by atoms with E-state index >= 15 is 0 Å². The van der Waals surface area contributed by atoms with Gasteiger partial charge in [0, 0.05) is 6.20 Å². The number of hydrogen-bond acceptors (Lipinski definition) is 1. The number of aryl methyl sites for hydroxylation is 1. The van der Waals surface area contributed by atoms with Gasteiger partial charge in [-0.25, -0.2) is 0 Å². The Morgan fingerprint density at radius 3 is 2.45 bits per heavy atom. The highest BCUT2D eigenvalue weighted by molar-refractivity contribution is 5.45. The van der Waals surface area contributed by atoms with Crippen molar-refractivity contribution in [1.29, 1.82) is 0 Å². The van der Waals surface area contributed by atoms with Gasteiger partial charge in [-0.1, -0.05) is 12.6 Å². The van der Waals surface area contributed by atoms with E-state index in [4.69, 9.17) is 0 Å². The Hall–Kier alpha value is -1.37. The van der Waals surface area contributed by atoms with Crippen molar-refractivity contribution in [3.63, 3.8) is 0 Å². The fraction of sp³-hybridized carbons (Fsp3) is 0.100. The number of nitrogens with zero attached hydrogens (tertiary/aromatic N) is 1. The molecular weight excluding hydrogens is 134 g/mol. The van der Waals surface area contributed by atoms with Crippen LogP contribution in [0.4, 0.5) is 0 Å². The van der Waals surface area contributed by atoms with E-state index in [1.165, 1.54) is 5.56 Å². The highest BCUT2D eigenvalue weighted by Gasteiger charge is 1.88. The predicted octanol–water partition coefficient (Wildman–Crippen LogP) is 2.84. The van der Waals surface area contributed by atoms with Crippen LogP contribution in [0.1, 0.15) is 11.3 Å². The molecule has 58 valence electrons. The van der Waals surface area contributed by atoms with Gasteiger partial charge < -0.3 is 0 Å². The number of rotatable bonds is 1. The first-order valence-electron chi connectivity index (χ1n) is 3.38. The summed E-state index contributed by atoms with van der Waals surface area (Å²) in [5, 5.41) is 0. The maximum absolute atomic E-state index is 4.08. The second kappa shape index (κ2) is 5.42. The Kier molecular flexibility index (Phi) is 4.74. The summed E-state index contributed by atoms with van der Waals surface area (Å²) in [5.74, 6) is 0. The zero-order valence-corrected chi connectivity index (χ0v) is 6.88. The SMILES string of the molecule is C=C.C=Cc1ncccc1C. The van der Waals surface area contributed by atoms with Gasteiger partial charge in [0.15, 0.2) is 0 Å². The van der Waals surface area contributed by atoms with Crippen molar-refractivity contribution >= 4 is 6.08 Å². The van der Waals surface area contributed by atoms with Gasteiger partial charge in [0.2, 0.25) is 0 Å². The molecule has 1 heteroatoms. The molecule has 11 heavy (non-hydrogen) atoms. The Morgan fingerprint density at radius 2 is 2.09 bits per heavy atom. The van der Waals surface area contributed by atoms with Crippen LogP contribution in [0.3, 0.4) is 0 Å². The fourth-order valence-corrected chi connectivity index (χ4v) is 0.712. The van der Waals surface area contributed by atoms with Crippen molar-refractivity contribution in [1.82, 2.24) is 4.98 Å². The molecule has 0 spiro atoms. The lowest BCUT2D eigenvalue weighted by Crippen LogP contribution is -1.82. The number of aromatic nitrogens is 1. The van der Waals surface area contributed by atoms with Gasteiger partial charge in [0.1, 0.15) is 0 Å². The molecule has 0 aliphatic rings. The summed E-state index contributed by atoms with van der Waals surface area (Å²) in [7, 11) is 0. The van der Waals surface area contributed by atoms with Crippen molar-refractivity contribution in [2.24, 2.45) is 0 Å². The molecule has 0 amide bonds. The van der Waals surface area contributed by atoms with Crippen LogP contribution >= 0.6 is 0 Å². The third kappa shape index (κ3) is 2.80. The monoisotopic (exact) mass is 147 g/mol. The van der Waals surface area contributed by atoms with E-state index < -0.39 is 0 Å². The van der Waals surface area contributed by atoms with Crippen LogP contribution in [0.25, 0.3) is 6.08 Å². The summed E-state index contributed by atoms with van der Waals surface area (Å²) in [6, 6.07) is 3.94. The van der Waals surface area contributed by atoms with Crippen LogP contribution in [-0.2, 0) is 0 Å². The van der Waals surface area contributed by atoms with Crippen LogP contribution in [0.2, 0.25) is 0 Å². The lowest BCUT2D eigenvalue weighted by Gasteiger charge is -1.94. The van der Waals surface area contributed by atoms with Gasteiger partial charge in [-0.05, 0) is 24.6 Å². The molecule has 0 saturated carbocycles. The highest BCUT2D eigenvalue weighted by Crippen LogP contribution is 2.02. The summed E-state index contributed by atoms with van der Waals surface area (Å²) in [6.45, 7) is 11.6. The van der Waals surface area contributed by atoms with Crippen LogP contribution < -0.4 is 0 Å². The molecule has 1 heterocycles. The van der Waals surface area contributed by atoms with Crippen LogP contribution in [0.5, 0.6) is 0 Å². The second-order valence-electron chi connectivity index (χ2n) is 1.91. The van der Waals surface area contributed by atoms with Gasteiger partial charge >= 0.3 is 0 Å². The molecule has 1 nitrogen and oxygen atoms in total. The van der Waals surface area contributed by atoms with Gasteiger partial charge in [0.25, 0.3) is 0 Å². The Bertz CT molecular complexity index is 228. The Labute approximate surface area is 68.1 Å².